The number of hydrogen-bond donors (Lipinski definition) is 1. The molecule has 0 bridgehead atoms. The second kappa shape index (κ2) is 4.98. The number of H-pyrrole nitrogens is 1. The molecule has 1 aromatic carbocycles. The summed E-state index contributed by atoms with van der Waals surface area (Å²) < 4.78 is 0. The van der Waals surface area contributed by atoms with Crippen LogP contribution in [-0.4, -0.2) is 46.7 Å². The minimum absolute atomic E-state index is 0.136. The Bertz CT molecular complexity index is 654. The van der Waals surface area contributed by atoms with Gasteiger partial charge in [-0.05, 0) is 19.1 Å². The quantitative estimate of drug-likeness (QED) is 0.877. The number of halogens is 1. The van der Waals surface area contributed by atoms with Gasteiger partial charge in [-0.1, -0.05) is 11.6 Å². The summed E-state index contributed by atoms with van der Waals surface area (Å²) in [6.07, 6.45) is 1.82. The number of piperazine rings is 1. The Balaban J connectivity index is 1.93. The van der Waals surface area contributed by atoms with Crippen LogP contribution in [0, 0.1) is 0 Å². The lowest BCUT2D eigenvalue weighted by atomic mass is 10.1. The Labute approximate surface area is 122 Å². The molecule has 2 aromatic rings. The number of carbonyl (C=O) groups excluding carboxylic acids is 1. The third-order valence-corrected chi connectivity index (χ3v) is 4.09. The van der Waals surface area contributed by atoms with Crippen molar-refractivity contribution in [2.45, 2.75) is 19.9 Å². The van der Waals surface area contributed by atoms with Gasteiger partial charge in [-0.15, -0.1) is 0 Å². The molecule has 1 atom stereocenters. The molecule has 1 saturated heterocycles. The van der Waals surface area contributed by atoms with Gasteiger partial charge < -0.3 is 9.80 Å². The second-order valence-corrected chi connectivity index (χ2v) is 5.70. The van der Waals surface area contributed by atoms with Crippen LogP contribution in [0.3, 0.4) is 0 Å². The lowest BCUT2D eigenvalue weighted by Crippen LogP contribution is -2.53. The number of benzene rings is 1. The third kappa shape index (κ3) is 2.22. The van der Waals surface area contributed by atoms with Gasteiger partial charge in [-0.2, -0.15) is 5.10 Å². The summed E-state index contributed by atoms with van der Waals surface area (Å²) in [5, 5.41) is 8.80. The molecular formula is C14H17ClN4O. The van der Waals surface area contributed by atoms with Gasteiger partial charge in [0.25, 0.3) is 0 Å². The smallest absolute Gasteiger partial charge is 0.219 e. The maximum Gasteiger partial charge on any atom is 0.219 e. The number of aromatic nitrogens is 2. The molecule has 6 heteroatoms. The second-order valence-electron chi connectivity index (χ2n) is 5.26. The Morgan fingerprint density at radius 3 is 2.95 bits per heavy atom. The van der Waals surface area contributed by atoms with Crippen molar-refractivity contribution < 1.29 is 4.79 Å². The van der Waals surface area contributed by atoms with Crippen LogP contribution in [0.5, 0.6) is 0 Å². The number of rotatable bonds is 1. The molecule has 3 rings (SSSR count). The Kier molecular flexibility index (Phi) is 3.30. The normalized spacial score (nSPS) is 19.6. The van der Waals surface area contributed by atoms with E-state index >= 15 is 0 Å². The molecule has 1 N–H and O–H groups in total. The molecule has 106 valence electrons. The topological polar surface area (TPSA) is 52.2 Å². The molecule has 0 spiro atoms. The molecule has 1 aliphatic rings. The van der Waals surface area contributed by atoms with Crippen molar-refractivity contribution in [3.05, 3.63) is 23.4 Å². The summed E-state index contributed by atoms with van der Waals surface area (Å²) >= 11 is 6.18. The van der Waals surface area contributed by atoms with Crippen molar-refractivity contribution in [2.24, 2.45) is 0 Å². The standard InChI is InChI=1S/C14H17ClN4O/c1-9-8-18(3-4-19(9)10(2)20)14-6-11(15)5-13-12(14)7-16-17-13/h5-7,9H,3-4,8H2,1-2H3,(H,16,17). The van der Waals surface area contributed by atoms with E-state index in [0.29, 0.717) is 5.02 Å². The fourth-order valence-electron chi connectivity index (χ4n) is 2.90. The van der Waals surface area contributed by atoms with Gasteiger partial charge in [0.1, 0.15) is 0 Å². The molecule has 20 heavy (non-hydrogen) atoms. The highest BCUT2D eigenvalue weighted by Gasteiger charge is 2.26. The molecule has 1 unspecified atom stereocenters. The van der Waals surface area contributed by atoms with Gasteiger partial charge in [0, 0.05) is 48.7 Å². The predicted octanol–water partition coefficient (Wildman–Crippen LogP) is 2.27. The van der Waals surface area contributed by atoms with Crippen LogP contribution < -0.4 is 4.90 Å². The van der Waals surface area contributed by atoms with Gasteiger partial charge in [0.15, 0.2) is 0 Å². The highest BCUT2D eigenvalue weighted by molar-refractivity contribution is 6.31. The lowest BCUT2D eigenvalue weighted by molar-refractivity contribution is -0.131. The fraction of sp³-hybridized carbons (Fsp3) is 0.429. The number of carbonyl (C=O) groups is 1. The lowest BCUT2D eigenvalue weighted by Gasteiger charge is -2.40. The third-order valence-electron chi connectivity index (χ3n) is 3.87. The van der Waals surface area contributed by atoms with E-state index in [-0.39, 0.29) is 11.9 Å². The molecule has 1 aromatic heterocycles. The minimum Gasteiger partial charge on any atom is -0.367 e. The predicted molar refractivity (Wildman–Crippen MR) is 80.2 cm³/mol. The Hall–Kier alpha value is -1.75. The van der Waals surface area contributed by atoms with Crippen LogP contribution in [0.1, 0.15) is 13.8 Å². The number of aromatic amines is 1. The monoisotopic (exact) mass is 292 g/mol. The number of hydrogen-bond acceptors (Lipinski definition) is 3. The van der Waals surface area contributed by atoms with E-state index in [0.717, 1.165) is 36.2 Å². The number of fused-ring (bicyclic) bond motifs is 1. The van der Waals surface area contributed by atoms with E-state index in [2.05, 4.69) is 22.0 Å². The van der Waals surface area contributed by atoms with Gasteiger partial charge >= 0.3 is 0 Å². The van der Waals surface area contributed by atoms with E-state index in [1.165, 1.54) is 0 Å². The molecular weight excluding hydrogens is 276 g/mol. The average Bonchev–Trinajstić information content (AvgIpc) is 2.85. The first-order valence-electron chi connectivity index (χ1n) is 6.71. The van der Waals surface area contributed by atoms with E-state index in [1.54, 1.807) is 6.92 Å². The molecule has 5 nitrogen and oxygen atoms in total. The summed E-state index contributed by atoms with van der Waals surface area (Å²) in [6.45, 7) is 6.05. The summed E-state index contributed by atoms with van der Waals surface area (Å²) in [7, 11) is 0. The zero-order valence-electron chi connectivity index (χ0n) is 11.6. The summed E-state index contributed by atoms with van der Waals surface area (Å²) in [5.74, 6) is 0.136. The van der Waals surface area contributed by atoms with Gasteiger partial charge in [0.05, 0.1) is 11.7 Å². The number of amides is 1. The number of anilines is 1. The SMILES string of the molecule is CC(=O)N1CCN(c2cc(Cl)cc3[nH]ncc23)CC1C. The van der Waals surface area contributed by atoms with Crippen LogP contribution in [-0.2, 0) is 4.79 Å². The van der Waals surface area contributed by atoms with Crippen LogP contribution >= 0.6 is 11.6 Å². The van der Waals surface area contributed by atoms with Crippen molar-refractivity contribution in [1.29, 1.82) is 0 Å². The molecule has 2 heterocycles. The van der Waals surface area contributed by atoms with Gasteiger partial charge in [-0.3, -0.25) is 9.89 Å². The van der Waals surface area contributed by atoms with E-state index in [1.807, 2.05) is 23.2 Å². The molecule has 0 saturated carbocycles. The van der Waals surface area contributed by atoms with Gasteiger partial charge in [-0.25, -0.2) is 0 Å². The largest absolute Gasteiger partial charge is 0.367 e. The van der Waals surface area contributed by atoms with E-state index in [9.17, 15) is 4.79 Å². The van der Waals surface area contributed by atoms with Crippen molar-refractivity contribution in [1.82, 2.24) is 15.1 Å². The summed E-state index contributed by atoms with van der Waals surface area (Å²) in [6, 6.07) is 4.04. The van der Waals surface area contributed by atoms with Crippen LogP contribution in [0.4, 0.5) is 5.69 Å². The summed E-state index contributed by atoms with van der Waals surface area (Å²) in [5.41, 5.74) is 2.02. The summed E-state index contributed by atoms with van der Waals surface area (Å²) in [4.78, 5) is 15.7. The average molecular weight is 293 g/mol. The molecule has 0 aliphatic carbocycles. The first-order valence-corrected chi connectivity index (χ1v) is 7.09. The maximum absolute atomic E-state index is 11.5. The van der Waals surface area contributed by atoms with Crippen LogP contribution in [0.2, 0.25) is 5.02 Å². The maximum atomic E-state index is 11.5. The highest BCUT2D eigenvalue weighted by Crippen LogP contribution is 2.31. The zero-order chi connectivity index (χ0) is 14.3. The first kappa shape index (κ1) is 13.2. The van der Waals surface area contributed by atoms with Gasteiger partial charge in [0.2, 0.25) is 5.91 Å². The Morgan fingerprint density at radius 1 is 1.45 bits per heavy atom. The van der Waals surface area contributed by atoms with Crippen molar-refractivity contribution in [3.63, 3.8) is 0 Å². The van der Waals surface area contributed by atoms with Crippen molar-refractivity contribution in [2.75, 3.05) is 24.5 Å². The fourth-order valence-corrected chi connectivity index (χ4v) is 3.12. The van der Waals surface area contributed by atoms with Crippen LogP contribution in [0.15, 0.2) is 18.3 Å². The first-order chi connectivity index (χ1) is 9.56. The molecule has 0 radical (unpaired) electrons. The van der Waals surface area contributed by atoms with Crippen LogP contribution in [0.25, 0.3) is 10.9 Å². The molecule has 1 aliphatic heterocycles. The number of nitrogens with zero attached hydrogens (tertiary/aromatic N) is 3. The van der Waals surface area contributed by atoms with E-state index in [4.69, 9.17) is 11.6 Å². The molecule has 1 fully saturated rings. The van der Waals surface area contributed by atoms with Crippen molar-refractivity contribution in [3.8, 4) is 0 Å². The highest BCUT2D eigenvalue weighted by atomic mass is 35.5. The van der Waals surface area contributed by atoms with Crippen molar-refractivity contribution >= 4 is 34.1 Å². The zero-order valence-corrected chi connectivity index (χ0v) is 12.3. The minimum atomic E-state index is 0.136. The van der Waals surface area contributed by atoms with E-state index < -0.39 is 0 Å². The molecule has 1 amide bonds. The number of nitrogens with one attached hydrogen (secondary N) is 1. The Morgan fingerprint density at radius 2 is 2.25 bits per heavy atom.